The van der Waals surface area contributed by atoms with Crippen molar-refractivity contribution in [3.05, 3.63) is 77.1 Å². The summed E-state index contributed by atoms with van der Waals surface area (Å²) in [6.07, 6.45) is 9.98. The zero-order valence-corrected chi connectivity index (χ0v) is 19.7. The second kappa shape index (κ2) is 10.7. The largest absolute Gasteiger partial charge is 0.380 e. The number of hydrogen-bond acceptors (Lipinski definition) is 5. The number of benzene rings is 1. The number of nitrogens with one attached hydrogen (secondary N) is 1. The number of methoxy groups -OCH3 is 1. The molecule has 6 nitrogen and oxygen atoms in total. The van der Waals surface area contributed by atoms with E-state index in [2.05, 4.69) is 28.3 Å². The summed E-state index contributed by atoms with van der Waals surface area (Å²) in [6, 6.07) is 9.65. The molecule has 2 heterocycles. The maximum atomic E-state index is 12.5. The number of rotatable bonds is 7. The van der Waals surface area contributed by atoms with Crippen LogP contribution in [-0.2, 0) is 11.3 Å². The van der Waals surface area contributed by atoms with Crippen molar-refractivity contribution in [3.63, 3.8) is 0 Å². The van der Waals surface area contributed by atoms with Gasteiger partial charge in [-0.05, 0) is 80.3 Å². The van der Waals surface area contributed by atoms with Crippen LogP contribution in [0.15, 0.2) is 48.9 Å². The maximum Gasteiger partial charge on any atom is 0.251 e. The van der Waals surface area contributed by atoms with Crippen LogP contribution < -0.4 is 5.32 Å². The van der Waals surface area contributed by atoms with Crippen LogP contribution in [0.25, 0.3) is 11.1 Å². The Balaban J connectivity index is 1.36. The van der Waals surface area contributed by atoms with E-state index in [0.29, 0.717) is 30.6 Å². The van der Waals surface area contributed by atoms with Crippen molar-refractivity contribution in [3.8, 4) is 11.1 Å². The predicted molar refractivity (Wildman–Crippen MR) is 129 cm³/mol. The fraction of sp³-hybridized carbons (Fsp3) is 0.407. The number of ether oxygens (including phenoxy) is 1. The fourth-order valence-electron chi connectivity index (χ4n) is 4.68. The lowest BCUT2D eigenvalue weighted by molar-refractivity contribution is 0.0942. The number of carbonyl (C=O) groups excluding carboxylic acids is 1. The topological polar surface area (TPSA) is 77.0 Å². The van der Waals surface area contributed by atoms with E-state index in [-0.39, 0.29) is 5.91 Å². The van der Waals surface area contributed by atoms with Gasteiger partial charge in [0.25, 0.3) is 5.91 Å². The Morgan fingerprint density at radius 1 is 1.03 bits per heavy atom. The molecule has 4 rings (SSSR count). The first-order valence-corrected chi connectivity index (χ1v) is 11.7. The Hall–Kier alpha value is -3.12. The molecular weight excluding hydrogens is 412 g/mol. The minimum Gasteiger partial charge on any atom is -0.380 e. The molecule has 33 heavy (non-hydrogen) atoms. The quantitative estimate of drug-likeness (QED) is 0.555. The van der Waals surface area contributed by atoms with Gasteiger partial charge in [0, 0.05) is 49.3 Å². The van der Waals surface area contributed by atoms with Crippen molar-refractivity contribution < 1.29 is 9.53 Å². The average Bonchev–Trinajstić information content (AvgIpc) is 2.84. The molecule has 0 unspecified atom stereocenters. The first kappa shape index (κ1) is 23.1. The Labute approximate surface area is 195 Å². The second-order valence-electron chi connectivity index (χ2n) is 8.96. The van der Waals surface area contributed by atoms with Crippen LogP contribution in [-0.4, -0.2) is 34.5 Å². The van der Waals surface area contributed by atoms with Crippen molar-refractivity contribution in [2.75, 3.05) is 13.7 Å². The van der Waals surface area contributed by atoms with Gasteiger partial charge in [0.05, 0.1) is 12.3 Å². The minimum atomic E-state index is -0.0111. The molecule has 1 fully saturated rings. The monoisotopic (exact) mass is 444 g/mol. The summed E-state index contributed by atoms with van der Waals surface area (Å²) >= 11 is 0. The Bertz CT molecular complexity index is 1090. The van der Waals surface area contributed by atoms with Gasteiger partial charge in [-0.25, -0.2) is 9.97 Å². The number of aromatic nitrogens is 3. The lowest BCUT2D eigenvalue weighted by Gasteiger charge is -2.29. The highest BCUT2D eigenvalue weighted by atomic mass is 16.5. The van der Waals surface area contributed by atoms with Crippen molar-refractivity contribution in [1.82, 2.24) is 20.3 Å². The molecule has 0 bridgehead atoms. The molecule has 6 heteroatoms. The summed E-state index contributed by atoms with van der Waals surface area (Å²) in [5, 5.41) is 3.13. The number of amides is 1. The van der Waals surface area contributed by atoms with Crippen molar-refractivity contribution in [2.24, 2.45) is 5.92 Å². The standard InChI is InChI=1S/C27H32N4O2/c1-18-14-28-13-12-24(18)25-16-29-19(2)31-26(25)22-8-4-20(5-9-22)15-30-27(32)23-10-6-21(7-11-23)17-33-3/h6-7,10-14,16,20,22H,4-5,8-9,15,17H2,1-3H3,(H,30,32). The summed E-state index contributed by atoms with van der Waals surface area (Å²) < 4.78 is 5.13. The molecular formula is C27H32N4O2. The molecule has 1 aliphatic rings. The third-order valence-corrected chi connectivity index (χ3v) is 6.56. The van der Waals surface area contributed by atoms with Crippen LogP contribution >= 0.6 is 0 Å². The molecule has 1 saturated carbocycles. The van der Waals surface area contributed by atoms with Crippen LogP contribution in [0.3, 0.4) is 0 Å². The van der Waals surface area contributed by atoms with Gasteiger partial charge in [-0.2, -0.15) is 0 Å². The van der Waals surface area contributed by atoms with E-state index in [9.17, 15) is 4.79 Å². The zero-order chi connectivity index (χ0) is 23.2. The summed E-state index contributed by atoms with van der Waals surface area (Å²) in [6.45, 7) is 5.30. The van der Waals surface area contributed by atoms with E-state index in [1.165, 1.54) is 0 Å². The highest BCUT2D eigenvalue weighted by Crippen LogP contribution is 2.39. The normalized spacial score (nSPS) is 18.2. The predicted octanol–water partition coefficient (Wildman–Crippen LogP) is 5.01. The molecule has 172 valence electrons. The number of nitrogens with zero attached hydrogens (tertiary/aromatic N) is 3. The van der Waals surface area contributed by atoms with Gasteiger partial charge in [-0.1, -0.05) is 12.1 Å². The Morgan fingerprint density at radius 2 is 1.79 bits per heavy atom. The van der Waals surface area contributed by atoms with Crippen LogP contribution in [0, 0.1) is 19.8 Å². The first-order valence-electron chi connectivity index (χ1n) is 11.7. The lowest BCUT2D eigenvalue weighted by Crippen LogP contribution is -2.31. The Morgan fingerprint density at radius 3 is 2.48 bits per heavy atom. The van der Waals surface area contributed by atoms with Crippen LogP contribution in [0.5, 0.6) is 0 Å². The zero-order valence-electron chi connectivity index (χ0n) is 19.7. The molecule has 0 radical (unpaired) electrons. The van der Waals surface area contributed by atoms with Gasteiger partial charge in [-0.3, -0.25) is 9.78 Å². The lowest BCUT2D eigenvalue weighted by atomic mass is 9.78. The summed E-state index contributed by atoms with van der Waals surface area (Å²) in [4.78, 5) is 26.1. The van der Waals surface area contributed by atoms with Crippen LogP contribution in [0.2, 0.25) is 0 Å². The van der Waals surface area contributed by atoms with Crippen LogP contribution in [0.1, 0.15) is 64.6 Å². The molecule has 1 amide bonds. The molecule has 1 aromatic carbocycles. The minimum absolute atomic E-state index is 0.0111. The van der Waals surface area contributed by atoms with E-state index in [4.69, 9.17) is 9.72 Å². The van der Waals surface area contributed by atoms with Gasteiger partial charge in [-0.15, -0.1) is 0 Å². The summed E-state index contributed by atoms with van der Waals surface area (Å²) in [5.41, 5.74) is 6.32. The van der Waals surface area contributed by atoms with E-state index >= 15 is 0 Å². The number of carbonyl (C=O) groups is 1. The molecule has 0 atom stereocenters. The van der Waals surface area contributed by atoms with Gasteiger partial charge in [0.2, 0.25) is 0 Å². The van der Waals surface area contributed by atoms with Crippen molar-refractivity contribution in [1.29, 1.82) is 0 Å². The number of hydrogen-bond donors (Lipinski definition) is 1. The van der Waals surface area contributed by atoms with Gasteiger partial charge >= 0.3 is 0 Å². The van der Waals surface area contributed by atoms with Gasteiger partial charge in [0.15, 0.2) is 0 Å². The maximum absolute atomic E-state index is 12.5. The second-order valence-corrected chi connectivity index (χ2v) is 8.96. The van der Waals surface area contributed by atoms with E-state index in [0.717, 1.165) is 59.5 Å². The molecule has 3 aromatic rings. The first-order chi connectivity index (χ1) is 16.0. The highest BCUT2D eigenvalue weighted by Gasteiger charge is 2.26. The SMILES string of the molecule is COCc1ccc(C(=O)NCC2CCC(c3nc(C)ncc3-c3ccncc3C)CC2)cc1. The third kappa shape index (κ3) is 5.63. The molecule has 1 N–H and O–H groups in total. The summed E-state index contributed by atoms with van der Waals surface area (Å²) in [5.74, 6) is 1.70. The van der Waals surface area contributed by atoms with E-state index < -0.39 is 0 Å². The number of aryl methyl sites for hydroxylation is 2. The molecule has 2 aromatic heterocycles. The molecule has 0 spiro atoms. The Kier molecular flexibility index (Phi) is 7.45. The number of pyridine rings is 1. The molecule has 1 aliphatic carbocycles. The molecule has 0 aliphatic heterocycles. The third-order valence-electron chi connectivity index (χ3n) is 6.56. The van der Waals surface area contributed by atoms with Crippen LogP contribution in [0.4, 0.5) is 0 Å². The van der Waals surface area contributed by atoms with Crippen molar-refractivity contribution in [2.45, 2.75) is 52.1 Å². The summed E-state index contributed by atoms with van der Waals surface area (Å²) in [7, 11) is 1.67. The molecule has 0 saturated heterocycles. The van der Waals surface area contributed by atoms with Gasteiger partial charge in [0.1, 0.15) is 5.82 Å². The average molecular weight is 445 g/mol. The van der Waals surface area contributed by atoms with E-state index in [1.54, 1.807) is 7.11 Å². The van der Waals surface area contributed by atoms with Gasteiger partial charge < -0.3 is 10.1 Å². The highest BCUT2D eigenvalue weighted by molar-refractivity contribution is 5.94. The smallest absolute Gasteiger partial charge is 0.251 e. The van der Waals surface area contributed by atoms with E-state index in [1.807, 2.05) is 49.8 Å². The van der Waals surface area contributed by atoms with Crippen molar-refractivity contribution >= 4 is 5.91 Å². The fourth-order valence-corrected chi connectivity index (χ4v) is 4.68.